The Hall–Kier alpha value is -2.93. The highest BCUT2D eigenvalue weighted by Gasteiger charge is 2.40. The molecule has 0 spiro atoms. The third-order valence-corrected chi connectivity index (χ3v) is 6.12. The first-order chi connectivity index (χ1) is 15.0. The zero-order valence-corrected chi connectivity index (χ0v) is 18.6. The van der Waals surface area contributed by atoms with Crippen molar-refractivity contribution in [1.29, 1.82) is 0 Å². The van der Waals surface area contributed by atoms with Crippen LogP contribution >= 0.6 is 35.0 Å². The van der Waals surface area contributed by atoms with Crippen molar-refractivity contribution >= 4 is 58.2 Å². The van der Waals surface area contributed by atoms with Gasteiger partial charge in [0.15, 0.2) is 0 Å². The minimum Gasteiger partial charge on any atom is -0.495 e. The number of anilines is 2. The van der Waals surface area contributed by atoms with E-state index in [9.17, 15) is 9.59 Å². The number of halogens is 2. The number of amides is 2. The van der Waals surface area contributed by atoms with Gasteiger partial charge in [-0.25, -0.2) is 4.90 Å². The number of nitrogens with one attached hydrogen (secondary N) is 1. The lowest BCUT2D eigenvalue weighted by molar-refractivity contribution is -0.120. The summed E-state index contributed by atoms with van der Waals surface area (Å²) in [5.74, 6) is -0.338. The van der Waals surface area contributed by atoms with E-state index in [4.69, 9.17) is 27.9 Å². The fourth-order valence-electron chi connectivity index (χ4n) is 3.04. The van der Waals surface area contributed by atoms with E-state index in [1.807, 2.05) is 12.1 Å². The molecule has 0 bridgehead atoms. The van der Waals surface area contributed by atoms with Gasteiger partial charge >= 0.3 is 0 Å². The summed E-state index contributed by atoms with van der Waals surface area (Å²) in [5, 5.41) is 4.20. The van der Waals surface area contributed by atoms with Crippen molar-refractivity contribution in [3.8, 4) is 5.75 Å². The fraction of sp³-hybridized carbons (Fsp3) is 0.0435. The van der Waals surface area contributed by atoms with Crippen LogP contribution in [-0.2, 0) is 9.59 Å². The quantitative estimate of drug-likeness (QED) is 0.448. The highest BCUT2D eigenvalue weighted by molar-refractivity contribution is 8.04. The zero-order valence-electron chi connectivity index (χ0n) is 16.3. The van der Waals surface area contributed by atoms with E-state index in [0.717, 1.165) is 9.80 Å². The normalized spacial score (nSPS) is 13.7. The van der Waals surface area contributed by atoms with Crippen molar-refractivity contribution in [2.45, 2.75) is 4.90 Å². The maximum atomic E-state index is 13.3. The van der Waals surface area contributed by atoms with Crippen molar-refractivity contribution in [2.75, 3.05) is 17.3 Å². The minimum atomic E-state index is -0.463. The predicted molar refractivity (Wildman–Crippen MR) is 125 cm³/mol. The van der Waals surface area contributed by atoms with Crippen LogP contribution in [0.15, 0.2) is 88.3 Å². The predicted octanol–water partition coefficient (Wildman–Crippen LogP) is 5.99. The Labute approximate surface area is 193 Å². The number of carbonyl (C=O) groups excluding carboxylic acids is 2. The summed E-state index contributed by atoms with van der Waals surface area (Å²) in [6.07, 6.45) is 0. The summed E-state index contributed by atoms with van der Waals surface area (Å²) >= 11 is 13.1. The van der Waals surface area contributed by atoms with Crippen LogP contribution in [-0.4, -0.2) is 18.9 Å². The number of para-hydroxylation sites is 2. The molecule has 0 unspecified atom stereocenters. The summed E-state index contributed by atoms with van der Waals surface area (Å²) < 4.78 is 5.38. The number of rotatable bonds is 6. The summed E-state index contributed by atoms with van der Waals surface area (Å²) in [6, 6.07) is 20.8. The first kappa shape index (κ1) is 21.3. The van der Waals surface area contributed by atoms with Crippen molar-refractivity contribution in [3.63, 3.8) is 0 Å². The van der Waals surface area contributed by atoms with Crippen LogP contribution in [0.5, 0.6) is 5.75 Å². The molecule has 5 nitrogen and oxygen atoms in total. The Bertz CT molecular complexity index is 1180. The summed E-state index contributed by atoms with van der Waals surface area (Å²) in [5.41, 5.74) is 1.18. The van der Waals surface area contributed by atoms with Crippen LogP contribution in [0.25, 0.3) is 0 Å². The van der Waals surface area contributed by atoms with Gasteiger partial charge in [-0.15, -0.1) is 0 Å². The van der Waals surface area contributed by atoms with Gasteiger partial charge in [0, 0.05) is 14.9 Å². The SMILES string of the molecule is COc1ccccc1NC1=C(Sc2ccc(Cl)cc2)C(=O)N(c2ccc(Cl)cc2)C1=O. The van der Waals surface area contributed by atoms with Gasteiger partial charge in [0.05, 0.1) is 18.5 Å². The standard InChI is InChI=1S/C23H16Cl2N2O3S/c1-30-19-5-3-2-4-18(19)26-20-21(31-17-12-8-15(25)9-13-17)23(29)27(22(20)28)16-10-6-14(24)7-11-16/h2-13,26H,1H3. The van der Waals surface area contributed by atoms with Gasteiger partial charge < -0.3 is 10.1 Å². The lowest BCUT2D eigenvalue weighted by atomic mass is 10.2. The van der Waals surface area contributed by atoms with Gasteiger partial charge in [-0.1, -0.05) is 47.1 Å². The first-order valence-electron chi connectivity index (χ1n) is 9.20. The van der Waals surface area contributed by atoms with E-state index < -0.39 is 11.8 Å². The molecule has 8 heteroatoms. The lowest BCUT2D eigenvalue weighted by Gasteiger charge is -2.16. The Morgan fingerprint density at radius 2 is 1.45 bits per heavy atom. The smallest absolute Gasteiger partial charge is 0.283 e. The second-order valence-corrected chi connectivity index (χ2v) is 8.46. The number of imide groups is 1. The van der Waals surface area contributed by atoms with Crippen LogP contribution in [0.2, 0.25) is 10.0 Å². The average Bonchev–Trinajstić information content (AvgIpc) is 3.00. The zero-order chi connectivity index (χ0) is 22.0. The molecule has 1 heterocycles. The molecule has 1 aliphatic rings. The molecule has 4 rings (SSSR count). The van der Waals surface area contributed by atoms with Gasteiger partial charge in [0.2, 0.25) is 0 Å². The molecule has 0 aliphatic carbocycles. The molecule has 2 amide bonds. The van der Waals surface area contributed by atoms with E-state index in [0.29, 0.717) is 27.2 Å². The number of carbonyl (C=O) groups is 2. The number of ether oxygens (including phenoxy) is 1. The van der Waals surface area contributed by atoms with Crippen LogP contribution in [0.3, 0.4) is 0 Å². The Morgan fingerprint density at radius 1 is 0.839 bits per heavy atom. The molecule has 0 fully saturated rings. The van der Waals surface area contributed by atoms with Crippen molar-refractivity contribution in [3.05, 3.63) is 93.4 Å². The number of thioether (sulfide) groups is 1. The Kier molecular flexibility index (Phi) is 6.23. The van der Waals surface area contributed by atoms with Gasteiger partial charge in [-0.3, -0.25) is 9.59 Å². The molecule has 1 aliphatic heterocycles. The molecule has 0 radical (unpaired) electrons. The van der Waals surface area contributed by atoms with Crippen LogP contribution in [0.4, 0.5) is 11.4 Å². The van der Waals surface area contributed by atoms with E-state index in [1.165, 1.54) is 11.8 Å². The molecule has 1 N–H and O–H groups in total. The lowest BCUT2D eigenvalue weighted by Crippen LogP contribution is -2.32. The fourth-order valence-corrected chi connectivity index (χ4v) is 4.22. The van der Waals surface area contributed by atoms with E-state index in [2.05, 4.69) is 5.32 Å². The Morgan fingerprint density at radius 3 is 2.10 bits per heavy atom. The van der Waals surface area contributed by atoms with Crippen LogP contribution in [0, 0.1) is 0 Å². The number of benzene rings is 3. The van der Waals surface area contributed by atoms with Gasteiger partial charge in [0.1, 0.15) is 16.4 Å². The number of methoxy groups -OCH3 is 1. The second-order valence-electron chi connectivity index (χ2n) is 6.51. The third-order valence-electron chi connectivity index (χ3n) is 4.53. The summed E-state index contributed by atoms with van der Waals surface area (Å²) in [6.45, 7) is 0. The van der Waals surface area contributed by atoms with Crippen molar-refractivity contribution in [2.24, 2.45) is 0 Å². The Balaban J connectivity index is 1.76. The van der Waals surface area contributed by atoms with Crippen LogP contribution < -0.4 is 15.0 Å². The molecular weight excluding hydrogens is 455 g/mol. The highest BCUT2D eigenvalue weighted by Crippen LogP contribution is 2.39. The van der Waals surface area contributed by atoms with E-state index in [1.54, 1.807) is 67.8 Å². The molecule has 31 heavy (non-hydrogen) atoms. The topological polar surface area (TPSA) is 58.6 Å². The molecule has 0 atom stereocenters. The molecular formula is C23H16Cl2N2O3S. The number of nitrogens with zero attached hydrogens (tertiary/aromatic N) is 1. The molecule has 0 saturated carbocycles. The minimum absolute atomic E-state index is 0.171. The maximum Gasteiger partial charge on any atom is 0.283 e. The molecule has 3 aromatic carbocycles. The second kappa shape index (κ2) is 9.06. The maximum absolute atomic E-state index is 13.3. The third kappa shape index (κ3) is 4.42. The largest absolute Gasteiger partial charge is 0.495 e. The monoisotopic (exact) mass is 470 g/mol. The van der Waals surface area contributed by atoms with E-state index >= 15 is 0 Å². The van der Waals surface area contributed by atoms with E-state index in [-0.39, 0.29) is 10.6 Å². The summed E-state index contributed by atoms with van der Waals surface area (Å²) in [7, 11) is 1.54. The average molecular weight is 471 g/mol. The molecule has 156 valence electrons. The van der Waals surface area contributed by atoms with Gasteiger partial charge in [-0.2, -0.15) is 0 Å². The molecule has 0 aromatic heterocycles. The van der Waals surface area contributed by atoms with Gasteiger partial charge in [0.25, 0.3) is 11.8 Å². The number of hydrogen-bond acceptors (Lipinski definition) is 5. The first-order valence-corrected chi connectivity index (χ1v) is 10.8. The molecule has 0 saturated heterocycles. The van der Waals surface area contributed by atoms with Gasteiger partial charge in [-0.05, 0) is 60.7 Å². The van der Waals surface area contributed by atoms with Crippen molar-refractivity contribution in [1.82, 2.24) is 0 Å². The summed E-state index contributed by atoms with van der Waals surface area (Å²) in [4.78, 5) is 28.8. The number of hydrogen-bond donors (Lipinski definition) is 1. The van der Waals surface area contributed by atoms with Crippen molar-refractivity contribution < 1.29 is 14.3 Å². The molecule has 3 aromatic rings. The highest BCUT2D eigenvalue weighted by atomic mass is 35.5. The van der Waals surface area contributed by atoms with Crippen LogP contribution in [0.1, 0.15) is 0 Å².